The molecular weight excluding hydrogens is 701 g/mol. The van der Waals surface area contributed by atoms with Crippen LogP contribution >= 0.6 is 7.82 Å². The average molecular weight is 789 g/mol. The van der Waals surface area contributed by atoms with Crippen LogP contribution in [0.3, 0.4) is 0 Å². The van der Waals surface area contributed by atoms with Crippen molar-refractivity contribution in [3.8, 4) is 0 Å². The van der Waals surface area contributed by atoms with E-state index in [1.807, 2.05) is 21.1 Å². The van der Waals surface area contributed by atoms with Crippen LogP contribution in [0.2, 0.25) is 0 Å². The maximum Gasteiger partial charge on any atom is 0.472 e. The van der Waals surface area contributed by atoms with Crippen LogP contribution in [0.15, 0.2) is 12.2 Å². The first kappa shape index (κ1) is 52.8. The Balaban J connectivity index is 4.11. The van der Waals surface area contributed by atoms with E-state index in [0.717, 1.165) is 32.1 Å². The molecular formula is C44H87NO8P+. The van der Waals surface area contributed by atoms with Crippen molar-refractivity contribution < 1.29 is 42.1 Å². The SMILES string of the molecule is CCCCCCCCCCCCCCCCCCCC/C=C/CCCC(=O)OC[C@@H](COP(=O)(O)OCC[N+](C)(C)C)OC(=O)CCCCCCCCC. The van der Waals surface area contributed by atoms with E-state index in [1.165, 1.54) is 135 Å². The van der Waals surface area contributed by atoms with Crippen LogP contribution in [0.4, 0.5) is 0 Å². The van der Waals surface area contributed by atoms with E-state index in [2.05, 4.69) is 26.0 Å². The van der Waals surface area contributed by atoms with Gasteiger partial charge in [0.05, 0.1) is 27.7 Å². The zero-order valence-corrected chi connectivity index (χ0v) is 36.9. The van der Waals surface area contributed by atoms with Crippen LogP contribution in [-0.4, -0.2) is 74.9 Å². The Bertz CT molecular complexity index is 938. The minimum Gasteiger partial charge on any atom is -0.462 e. The number of hydrogen-bond acceptors (Lipinski definition) is 7. The highest BCUT2D eigenvalue weighted by atomic mass is 31.2. The first-order valence-electron chi connectivity index (χ1n) is 22.4. The standard InChI is InChI=1S/C44H86NO8P/c1-6-8-10-12-14-15-16-17-18-19-20-21-22-23-24-25-26-27-28-29-31-32-34-36-43(46)50-40-42(41-52-54(48,49)51-39-38-45(3,4)5)53-44(47)37-35-33-30-13-11-9-7-2/h29,31,42H,6-28,30,32-41H2,1-5H3/p+1/b31-29+/t42-/m0/s1. The number of likely N-dealkylation sites (N-methyl/N-ethyl adjacent to an activating group) is 1. The molecule has 0 spiro atoms. The Labute approximate surface area is 333 Å². The Hall–Kier alpha value is -1.25. The lowest BCUT2D eigenvalue weighted by Crippen LogP contribution is -2.37. The zero-order valence-electron chi connectivity index (χ0n) is 36.0. The summed E-state index contributed by atoms with van der Waals surface area (Å²) in [4.78, 5) is 35.1. The number of unbranched alkanes of at least 4 members (excludes halogenated alkanes) is 25. The first-order chi connectivity index (χ1) is 26.0. The van der Waals surface area contributed by atoms with Gasteiger partial charge in [0.15, 0.2) is 6.10 Å². The van der Waals surface area contributed by atoms with Gasteiger partial charge >= 0.3 is 19.8 Å². The number of allylic oxidation sites excluding steroid dienone is 2. The van der Waals surface area contributed by atoms with E-state index in [-0.39, 0.29) is 26.1 Å². The van der Waals surface area contributed by atoms with Crippen LogP contribution < -0.4 is 0 Å². The molecule has 0 aliphatic heterocycles. The molecule has 0 aromatic rings. The number of rotatable bonds is 41. The number of carbonyl (C=O) groups excluding carboxylic acids is 2. The van der Waals surface area contributed by atoms with Gasteiger partial charge in [-0.3, -0.25) is 18.6 Å². The van der Waals surface area contributed by atoms with E-state index >= 15 is 0 Å². The third kappa shape index (κ3) is 40.4. The highest BCUT2D eigenvalue weighted by molar-refractivity contribution is 7.47. The van der Waals surface area contributed by atoms with Crippen molar-refractivity contribution in [2.24, 2.45) is 0 Å². The predicted molar refractivity (Wildman–Crippen MR) is 224 cm³/mol. The number of quaternary nitrogens is 1. The van der Waals surface area contributed by atoms with Gasteiger partial charge in [-0.1, -0.05) is 174 Å². The third-order valence-electron chi connectivity index (χ3n) is 9.80. The van der Waals surface area contributed by atoms with Crippen molar-refractivity contribution in [1.29, 1.82) is 0 Å². The number of hydrogen-bond donors (Lipinski definition) is 1. The molecule has 0 heterocycles. The Morgan fingerprint density at radius 1 is 0.556 bits per heavy atom. The van der Waals surface area contributed by atoms with E-state index in [9.17, 15) is 19.0 Å². The summed E-state index contributed by atoms with van der Waals surface area (Å²) < 4.78 is 34.1. The molecule has 2 atom stereocenters. The quantitative estimate of drug-likeness (QED) is 0.0214. The molecule has 0 aromatic heterocycles. The molecule has 0 aliphatic carbocycles. The maximum atomic E-state index is 12.5. The number of esters is 2. The molecule has 0 saturated carbocycles. The van der Waals surface area contributed by atoms with E-state index in [4.69, 9.17) is 18.5 Å². The second-order valence-corrected chi connectivity index (χ2v) is 17.9. The summed E-state index contributed by atoms with van der Waals surface area (Å²) in [5, 5.41) is 0. The largest absolute Gasteiger partial charge is 0.472 e. The Morgan fingerprint density at radius 2 is 0.963 bits per heavy atom. The molecule has 320 valence electrons. The fourth-order valence-corrected chi connectivity index (χ4v) is 7.00. The minimum atomic E-state index is -4.37. The molecule has 0 aliphatic rings. The molecule has 0 fully saturated rings. The number of phosphoric acid groups is 1. The van der Waals surface area contributed by atoms with Crippen LogP contribution in [0, 0.1) is 0 Å². The maximum absolute atomic E-state index is 12.5. The molecule has 0 rings (SSSR count). The smallest absolute Gasteiger partial charge is 0.462 e. The zero-order chi connectivity index (χ0) is 40.0. The fraction of sp³-hybridized carbons (Fsp3) is 0.909. The molecule has 0 amide bonds. The average Bonchev–Trinajstić information content (AvgIpc) is 3.12. The lowest BCUT2D eigenvalue weighted by atomic mass is 10.0. The van der Waals surface area contributed by atoms with Crippen LogP contribution in [-0.2, 0) is 32.7 Å². The number of carbonyl (C=O) groups is 2. The second kappa shape index (κ2) is 37.3. The summed E-state index contributed by atoms with van der Waals surface area (Å²) in [5.41, 5.74) is 0. The highest BCUT2D eigenvalue weighted by Crippen LogP contribution is 2.43. The molecule has 1 N–H and O–H groups in total. The number of phosphoric ester groups is 1. The van der Waals surface area contributed by atoms with Gasteiger partial charge in [0.2, 0.25) is 0 Å². The monoisotopic (exact) mass is 789 g/mol. The van der Waals surface area contributed by atoms with E-state index in [1.54, 1.807) is 0 Å². The summed E-state index contributed by atoms with van der Waals surface area (Å²) in [7, 11) is 1.47. The molecule has 0 radical (unpaired) electrons. The van der Waals surface area contributed by atoms with Gasteiger partial charge in [-0.2, -0.15) is 0 Å². The molecule has 10 heteroatoms. The molecule has 0 bridgehead atoms. The van der Waals surface area contributed by atoms with Crippen molar-refractivity contribution in [3.05, 3.63) is 12.2 Å². The Kier molecular flexibility index (Phi) is 36.5. The molecule has 0 saturated heterocycles. The molecule has 0 aromatic carbocycles. The van der Waals surface area contributed by atoms with E-state index < -0.39 is 32.5 Å². The van der Waals surface area contributed by atoms with Gasteiger partial charge in [0, 0.05) is 12.8 Å². The fourth-order valence-electron chi connectivity index (χ4n) is 6.25. The van der Waals surface area contributed by atoms with Crippen molar-refractivity contribution in [3.63, 3.8) is 0 Å². The summed E-state index contributed by atoms with van der Waals surface area (Å²) in [6.45, 7) is 4.36. The summed E-state index contributed by atoms with van der Waals surface area (Å²) >= 11 is 0. The Morgan fingerprint density at radius 3 is 1.43 bits per heavy atom. The highest BCUT2D eigenvalue weighted by Gasteiger charge is 2.27. The van der Waals surface area contributed by atoms with Crippen molar-refractivity contribution in [1.82, 2.24) is 0 Å². The summed E-state index contributed by atoms with van der Waals surface area (Å²) in [5.74, 6) is -0.835. The van der Waals surface area contributed by atoms with Gasteiger partial charge in [0.25, 0.3) is 0 Å². The molecule has 9 nitrogen and oxygen atoms in total. The van der Waals surface area contributed by atoms with Crippen molar-refractivity contribution in [2.45, 2.75) is 213 Å². The summed E-state index contributed by atoms with van der Waals surface area (Å²) in [6.07, 6.45) is 38.8. The third-order valence-corrected chi connectivity index (χ3v) is 10.8. The lowest BCUT2D eigenvalue weighted by molar-refractivity contribution is -0.870. The van der Waals surface area contributed by atoms with Crippen LogP contribution in [0.5, 0.6) is 0 Å². The lowest BCUT2D eigenvalue weighted by Gasteiger charge is -2.24. The van der Waals surface area contributed by atoms with E-state index in [0.29, 0.717) is 23.9 Å². The van der Waals surface area contributed by atoms with Crippen molar-refractivity contribution >= 4 is 19.8 Å². The van der Waals surface area contributed by atoms with Crippen LogP contribution in [0.25, 0.3) is 0 Å². The van der Waals surface area contributed by atoms with Gasteiger partial charge in [0.1, 0.15) is 19.8 Å². The van der Waals surface area contributed by atoms with Crippen LogP contribution in [0.1, 0.15) is 206 Å². The first-order valence-corrected chi connectivity index (χ1v) is 23.9. The van der Waals surface area contributed by atoms with Gasteiger partial charge in [-0.25, -0.2) is 4.57 Å². The normalized spacial score (nSPS) is 13.7. The van der Waals surface area contributed by atoms with Crippen molar-refractivity contribution in [2.75, 3.05) is 47.5 Å². The molecule has 1 unspecified atom stereocenters. The minimum absolute atomic E-state index is 0.0307. The van der Waals surface area contributed by atoms with Gasteiger partial charge < -0.3 is 18.9 Å². The number of nitrogens with zero attached hydrogens (tertiary/aromatic N) is 1. The topological polar surface area (TPSA) is 108 Å². The molecule has 54 heavy (non-hydrogen) atoms. The van der Waals surface area contributed by atoms with Gasteiger partial charge in [-0.05, 0) is 32.1 Å². The van der Waals surface area contributed by atoms with Gasteiger partial charge in [-0.15, -0.1) is 0 Å². The second-order valence-electron chi connectivity index (χ2n) is 16.4. The summed E-state index contributed by atoms with van der Waals surface area (Å²) in [6, 6.07) is 0. The predicted octanol–water partition coefficient (Wildman–Crippen LogP) is 12.6. The number of ether oxygens (including phenoxy) is 2.